The number of hydrogen-bond acceptors (Lipinski definition) is 8. The van der Waals surface area contributed by atoms with Gasteiger partial charge in [-0.3, -0.25) is 14.4 Å². The van der Waals surface area contributed by atoms with Crippen molar-refractivity contribution < 1.29 is 38.4 Å². The topological polar surface area (TPSA) is 108 Å². The summed E-state index contributed by atoms with van der Waals surface area (Å²) in [5, 5.41) is 11.5. The molecule has 5 fully saturated rings. The fourth-order valence-electron chi connectivity index (χ4n) is 9.14. The molecule has 0 aromatic carbocycles. The molecule has 2 aliphatic heterocycles. The highest BCUT2D eigenvalue weighted by molar-refractivity contribution is 5.76. The predicted octanol–water partition coefficient (Wildman–Crippen LogP) is 3.34. The Morgan fingerprint density at radius 3 is 2.56 bits per heavy atom. The van der Waals surface area contributed by atoms with E-state index >= 15 is 0 Å². The maximum Gasteiger partial charge on any atom is 0.311 e. The molecule has 2 heterocycles. The second kappa shape index (κ2) is 7.92. The Morgan fingerprint density at radius 2 is 1.88 bits per heavy atom. The van der Waals surface area contributed by atoms with Crippen LogP contribution >= 0.6 is 0 Å². The molecule has 5 aliphatic rings. The van der Waals surface area contributed by atoms with E-state index in [0.29, 0.717) is 19.3 Å². The summed E-state index contributed by atoms with van der Waals surface area (Å²) in [5.74, 6) is -2.19. The lowest BCUT2D eigenvalue weighted by Gasteiger charge is -2.68. The maximum atomic E-state index is 12.9. The van der Waals surface area contributed by atoms with Crippen LogP contribution in [-0.4, -0.2) is 47.8 Å². The Balaban J connectivity index is 1.72. The number of carbonyl (C=O) groups is 3. The minimum atomic E-state index is -1.29. The predicted molar refractivity (Wildman–Crippen MR) is 119 cm³/mol. The van der Waals surface area contributed by atoms with Gasteiger partial charge in [0.2, 0.25) is 6.29 Å². The first-order chi connectivity index (χ1) is 16.0. The molecule has 0 amide bonds. The highest BCUT2D eigenvalue weighted by Gasteiger charge is 2.80. The number of aliphatic hydroxyl groups is 1. The fourth-order valence-corrected chi connectivity index (χ4v) is 9.14. The molecule has 0 aromatic heterocycles. The average molecular weight is 479 g/mol. The lowest BCUT2D eigenvalue weighted by atomic mass is 9.37. The number of rotatable bonds is 4. The molecule has 3 aliphatic carbocycles. The molecule has 3 saturated carbocycles. The highest BCUT2D eigenvalue weighted by atomic mass is 16.8. The first-order valence-electron chi connectivity index (χ1n) is 12.9. The highest BCUT2D eigenvalue weighted by Crippen LogP contribution is 2.74. The van der Waals surface area contributed by atoms with Gasteiger partial charge in [-0.25, -0.2) is 0 Å². The summed E-state index contributed by atoms with van der Waals surface area (Å²) in [6.07, 6.45) is 1.31. The fraction of sp³-hybridized carbons (Fsp3) is 0.885. The molecular weight excluding hydrogens is 440 g/mol. The molecule has 8 nitrogen and oxygen atoms in total. The lowest BCUT2D eigenvalue weighted by molar-refractivity contribution is -0.310. The summed E-state index contributed by atoms with van der Waals surface area (Å²) < 4.78 is 23.7. The molecule has 1 N–H and O–H groups in total. The number of aliphatic hydroxyl groups excluding tert-OH is 1. The van der Waals surface area contributed by atoms with Gasteiger partial charge < -0.3 is 24.1 Å². The van der Waals surface area contributed by atoms with Gasteiger partial charge in [0, 0.05) is 25.2 Å². The van der Waals surface area contributed by atoms with E-state index in [1.165, 1.54) is 6.92 Å². The number of fused-ring (bicyclic) bond motifs is 2. The second-order valence-electron chi connectivity index (χ2n) is 12.1. The van der Waals surface area contributed by atoms with Crippen LogP contribution < -0.4 is 0 Å². The van der Waals surface area contributed by atoms with Crippen LogP contribution in [0.25, 0.3) is 0 Å². The van der Waals surface area contributed by atoms with Gasteiger partial charge in [0.15, 0.2) is 12.4 Å². The van der Waals surface area contributed by atoms with E-state index in [4.69, 9.17) is 18.9 Å². The van der Waals surface area contributed by atoms with Crippen LogP contribution in [0.1, 0.15) is 79.6 Å². The van der Waals surface area contributed by atoms with E-state index in [1.54, 1.807) is 0 Å². The van der Waals surface area contributed by atoms with Crippen molar-refractivity contribution >= 4 is 17.9 Å². The standard InChI is InChI=1S/C26H38O8/c1-6-8-16(28)32-18-19-24(3,4)11-7-12-25(19,5)15-10-9-14-17-22(33-21(14)29)34-23(30)26(15,17)20(18)31-13(2)27/h14-15,17-20,22-23,30H,6-12H2,1-5H3/t14-,15-,17+,18-,19+,20-,22+,23-,25-,26+/m0/s1. The molecule has 34 heavy (non-hydrogen) atoms. The molecule has 0 aromatic rings. The Hall–Kier alpha value is -1.67. The summed E-state index contributed by atoms with van der Waals surface area (Å²) in [6, 6.07) is 0. The first kappa shape index (κ1) is 24.0. The van der Waals surface area contributed by atoms with Crippen LogP contribution in [0.2, 0.25) is 0 Å². The van der Waals surface area contributed by atoms with E-state index in [9.17, 15) is 19.5 Å². The third-order valence-corrected chi connectivity index (χ3v) is 9.92. The zero-order valence-electron chi connectivity index (χ0n) is 20.9. The van der Waals surface area contributed by atoms with Gasteiger partial charge in [-0.05, 0) is 48.9 Å². The smallest absolute Gasteiger partial charge is 0.311 e. The largest absolute Gasteiger partial charge is 0.458 e. The second-order valence-corrected chi connectivity index (χ2v) is 12.1. The van der Waals surface area contributed by atoms with Crippen LogP contribution in [0.4, 0.5) is 0 Å². The summed E-state index contributed by atoms with van der Waals surface area (Å²) in [7, 11) is 0. The maximum absolute atomic E-state index is 12.9. The average Bonchev–Trinajstić information content (AvgIpc) is 3.20. The van der Waals surface area contributed by atoms with Gasteiger partial charge in [0.1, 0.15) is 6.10 Å². The minimum Gasteiger partial charge on any atom is -0.458 e. The number of carbonyl (C=O) groups excluding carboxylic acids is 3. The van der Waals surface area contributed by atoms with Crippen molar-refractivity contribution in [2.45, 2.75) is 104 Å². The molecule has 10 atom stereocenters. The van der Waals surface area contributed by atoms with Crippen LogP contribution in [-0.2, 0) is 33.3 Å². The van der Waals surface area contributed by atoms with Crippen molar-refractivity contribution in [3.8, 4) is 0 Å². The van der Waals surface area contributed by atoms with E-state index in [2.05, 4.69) is 20.8 Å². The quantitative estimate of drug-likeness (QED) is 0.484. The third-order valence-electron chi connectivity index (χ3n) is 9.92. The Labute approximate surface area is 201 Å². The minimum absolute atomic E-state index is 0.0737. The van der Waals surface area contributed by atoms with Crippen molar-refractivity contribution in [1.82, 2.24) is 0 Å². The van der Waals surface area contributed by atoms with Crippen molar-refractivity contribution in [1.29, 1.82) is 0 Å². The van der Waals surface area contributed by atoms with Crippen LogP contribution in [0.5, 0.6) is 0 Å². The molecule has 1 spiro atoms. The zero-order valence-corrected chi connectivity index (χ0v) is 20.9. The molecule has 0 unspecified atom stereocenters. The molecule has 190 valence electrons. The van der Waals surface area contributed by atoms with Crippen LogP contribution in [0.15, 0.2) is 0 Å². The van der Waals surface area contributed by atoms with E-state index in [1.807, 2.05) is 6.92 Å². The monoisotopic (exact) mass is 478 g/mol. The van der Waals surface area contributed by atoms with Crippen molar-refractivity contribution in [2.24, 2.45) is 39.9 Å². The van der Waals surface area contributed by atoms with Crippen LogP contribution in [0, 0.1) is 39.9 Å². The van der Waals surface area contributed by atoms with Gasteiger partial charge in [0.25, 0.3) is 0 Å². The lowest BCUT2D eigenvalue weighted by Crippen LogP contribution is -2.73. The van der Waals surface area contributed by atoms with E-state index in [0.717, 1.165) is 19.3 Å². The number of ether oxygens (including phenoxy) is 4. The van der Waals surface area contributed by atoms with Gasteiger partial charge in [-0.1, -0.05) is 34.1 Å². The molecule has 8 heteroatoms. The molecule has 5 rings (SSSR count). The molecule has 2 saturated heterocycles. The molecule has 0 radical (unpaired) electrons. The summed E-state index contributed by atoms with van der Waals surface area (Å²) in [4.78, 5) is 38.2. The van der Waals surface area contributed by atoms with Gasteiger partial charge >= 0.3 is 17.9 Å². The van der Waals surface area contributed by atoms with E-state index < -0.39 is 48.0 Å². The first-order valence-corrected chi connectivity index (χ1v) is 12.9. The Morgan fingerprint density at radius 1 is 1.15 bits per heavy atom. The van der Waals surface area contributed by atoms with Crippen molar-refractivity contribution in [3.63, 3.8) is 0 Å². The Kier molecular flexibility index (Phi) is 5.60. The van der Waals surface area contributed by atoms with Gasteiger partial charge in [0.05, 0.1) is 11.3 Å². The van der Waals surface area contributed by atoms with Crippen LogP contribution in [0.3, 0.4) is 0 Å². The number of esters is 3. The van der Waals surface area contributed by atoms with Crippen molar-refractivity contribution in [2.75, 3.05) is 0 Å². The molecular formula is C26H38O8. The van der Waals surface area contributed by atoms with E-state index in [-0.39, 0.29) is 41.0 Å². The summed E-state index contributed by atoms with van der Waals surface area (Å²) in [5.41, 5.74) is -1.56. The van der Waals surface area contributed by atoms with Gasteiger partial charge in [-0.2, -0.15) is 0 Å². The summed E-state index contributed by atoms with van der Waals surface area (Å²) in [6.45, 7) is 9.91. The number of hydrogen-bond donors (Lipinski definition) is 1. The molecule has 0 bridgehead atoms. The SMILES string of the molecule is CCCC(=O)O[C@H]1[C@@H]2C(C)(C)CCC[C@@]2(C)[C@@H]2CC[C@@H]3C(=O)O[C@@H]4O[C@H](O)[C@]2([C@@H]43)[C@H]1OC(C)=O. The van der Waals surface area contributed by atoms with Gasteiger partial charge in [-0.15, -0.1) is 0 Å². The summed E-state index contributed by atoms with van der Waals surface area (Å²) >= 11 is 0. The third kappa shape index (κ3) is 3.06. The zero-order chi connectivity index (χ0) is 24.6. The normalized spacial score (nSPS) is 48.2. The van der Waals surface area contributed by atoms with Crippen molar-refractivity contribution in [3.05, 3.63) is 0 Å². The Bertz CT molecular complexity index is 884.